The molecule has 0 saturated carbocycles. The Hall–Kier alpha value is -4.23. The minimum atomic E-state index is -0.575. The van der Waals surface area contributed by atoms with E-state index in [0.717, 1.165) is 34.4 Å². The zero-order valence-corrected chi connectivity index (χ0v) is 20.9. The van der Waals surface area contributed by atoms with E-state index in [1.165, 1.54) is 37.9 Å². The van der Waals surface area contributed by atoms with E-state index in [9.17, 15) is 4.79 Å². The molecule has 1 aliphatic rings. The maximum Gasteiger partial charge on any atom is 0.417 e. The van der Waals surface area contributed by atoms with Gasteiger partial charge in [0.15, 0.2) is 5.65 Å². The summed E-state index contributed by atoms with van der Waals surface area (Å²) in [4.78, 5) is 15.2. The number of carbonyl (C=O) groups excluding carboxylic acids is 1. The molecule has 0 unspecified atom stereocenters. The summed E-state index contributed by atoms with van der Waals surface area (Å²) in [5.41, 5.74) is 5.71. The Morgan fingerprint density at radius 3 is 2.43 bits per heavy atom. The van der Waals surface area contributed by atoms with Crippen molar-refractivity contribution in [2.45, 2.75) is 32.7 Å². The fourth-order valence-corrected chi connectivity index (χ4v) is 5.10. The molecule has 186 valence electrons. The van der Waals surface area contributed by atoms with Gasteiger partial charge in [0.2, 0.25) is 0 Å². The molecule has 7 heteroatoms. The van der Waals surface area contributed by atoms with Crippen molar-refractivity contribution < 1.29 is 9.53 Å². The van der Waals surface area contributed by atoms with Crippen molar-refractivity contribution in [2.24, 2.45) is 0 Å². The lowest BCUT2D eigenvalue weighted by Crippen LogP contribution is -2.28. The molecule has 3 heterocycles. The van der Waals surface area contributed by atoms with Gasteiger partial charge in [-0.2, -0.15) is 0 Å². The molecule has 0 spiro atoms. The Balaban J connectivity index is 1.30. The number of fused-ring (bicyclic) bond motifs is 3. The number of rotatable bonds is 5. The van der Waals surface area contributed by atoms with Crippen LogP contribution >= 0.6 is 0 Å². The molecule has 0 radical (unpaired) electrons. The van der Waals surface area contributed by atoms with Gasteiger partial charge in [-0.15, -0.1) is 10.2 Å². The van der Waals surface area contributed by atoms with Gasteiger partial charge < -0.3 is 4.74 Å². The number of anilines is 1. The molecule has 5 aromatic rings. The molecule has 1 saturated heterocycles. The van der Waals surface area contributed by atoms with Crippen LogP contribution in [0.5, 0.6) is 5.75 Å². The summed E-state index contributed by atoms with van der Waals surface area (Å²) in [6.07, 6.45) is 3.38. The minimum absolute atomic E-state index is 0.473. The van der Waals surface area contributed by atoms with Gasteiger partial charge in [0.1, 0.15) is 11.6 Å². The Bertz CT molecular complexity index is 1550. The summed E-state index contributed by atoms with van der Waals surface area (Å²) in [7, 11) is 0. The van der Waals surface area contributed by atoms with Gasteiger partial charge in [-0.1, -0.05) is 55.0 Å². The SMILES string of the molecule is Cc1nnc2c(NC(=O)Oc3ccccc3)cc3cc(-c4ccc(CN5CCCCC5)cc4)ccc3n12. The fourth-order valence-electron chi connectivity index (χ4n) is 5.10. The van der Waals surface area contributed by atoms with Crippen LogP contribution in [0.15, 0.2) is 78.9 Å². The van der Waals surface area contributed by atoms with Gasteiger partial charge in [-0.3, -0.25) is 14.6 Å². The molecule has 1 fully saturated rings. The van der Waals surface area contributed by atoms with E-state index in [1.807, 2.05) is 35.6 Å². The zero-order valence-electron chi connectivity index (χ0n) is 20.9. The molecule has 37 heavy (non-hydrogen) atoms. The van der Waals surface area contributed by atoms with Gasteiger partial charge in [-0.05, 0) is 79.9 Å². The lowest BCUT2D eigenvalue weighted by Gasteiger charge is -2.26. The molecule has 0 atom stereocenters. The number of piperidine rings is 1. The van der Waals surface area contributed by atoms with Gasteiger partial charge in [0.05, 0.1) is 11.2 Å². The van der Waals surface area contributed by atoms with Crippen molar-refractivity contribution in [3.63, 3.8) is 0 Å². The third-order valence-corrected chi connectivity index (χ3v) is 6.97. The molecule has 1 aliphatic heterocycles. The smallest absolute Gasteiger partial charge is 0.410 e. The third kappa shape index (κ3) is 4.90. The number of amides is 1. The summed E-state index contributed by atoms with van der Waals surface area (Å²) in [6, 6.07) is 26.1. The first-order valence-electron chi connectivity index (χ1n) is 12.8. The fraction of sp³-hybridized carbons (Fsp3) is 0.233. The Labute approximate surface area is 215 Å². The quantitative estimate of drug-likeness (QED) is 0.306. The van der Waals surface area contributed by atoms with Crippen LogP contribution in [0.3, 0.4) is 0 Å². The molecule has 0 aliphatic carbocycles. The number of ether oxygens (including phenoxy) is 1. The molecule has 1 amide bonds. The van der Waals surface area contributed by atoms with Crippen LogP contribution in [0.2, 0.25) is 0 Å². The highest BCUT2D eigenvalue weighted by molar-refractivity contribution is 5.97. The number of benzene rings is 3. The molecular weight excluding hydrogens is 462 g/mol. The number of nitrogens with one attached hydrogen (secondary N) is 1. The second kappa shape index (κ2) is 10.0. The van der Waals surface area contributed by atoms with Crippen molar-refractivity contribution in [2.75, 3.05) is 18.4 Å². The van der Waals surface area contributed by atoms with Crippen LogP contribution in [-0.2, 0) is 6.54 Å². The van der Waals surface area contributed by atoms with Crippen molar-refractivity contribution in [3.05, 3.63) is 90.3 Å². The predicted octanol–water partition coefficient (Wildman–Crippen LogP) is 6.45. The van der Waals surface area contributed by atoms with Gasteiger partial charge in [-0.25, -0.2) is 4.79 Å². The summed E-state index contributed by atoms with van der Waals surface area (Å²) in [6.45, 7) is 5.30. The number of pyridine rings is 1. The standard InChI is InChI=1S/C30H29N5O2/c1-21-32-33-29-27(31-30(36)37-26-8-4-2-5-9-26)19-25-18-24(14-15-28(25)35(21)29)23-12-10-22(11-13-23)20-34-16-6-3-7-17-34/h2,4-5,8-15,18-19H,3,6-7,16-17,20H2,1H3,(H,31,36). The highest BCUT2D eigenvalue weighted by atomic mass is 16.6. The molecule has 6 rings (SSSR count). The maximum atomic E-state index is 12.6. The van der Waals surface area contributed by atoms with Crippen LogP contribution in [0.1, 0.15) is 30.7 Å². The number of aromatic nitrogens is 3. The minimum Gasteiger partial charge on any atom is -0.410 e. The van der Waals surface area contributed by atoms with E-state index in [4.69, 9.17) is 4.74 Å². The first kappa shape index (κ1) is 23.2. The Morgan fingerprint density at radius 2 is 1.65 bits per heavy atom. The number of carbonyl (C=O) groups is 1. The van der Waals surface area contributed by atoms with Crippen LogP contribution < -0.4 is 10.1 Å². The first-order valence-corrected chi connectivity index (χ1v) is 12.8. The third-order valence-electron chi connectivity index (χ3n) is 6.97. The van der Waals surface area contributed by atoms with Crippen molar-refractivity contribution in [1.29, 1.82) is 0 Å². The van der Waals surface area contributed by atoms with Gasteiger partial charge in [0.25, 0.3) is 0 Å². The number of hydrogen-bond acceptors (Lipinski definition) is 5. The number of nitrogens with zero attached hydrogens (tertiary/aromatic N) is 4. The second-order valence-corrected chi connectivity index (χ2v) is 9.60. The van der Waals surface area contributed by atoms with Crippen molar-refractivity contribution in [3.8, 4) is 16.9 Å². The van der Waals surface area contributed by atoms with E-state index >= 15 is 0 Å². The summed E-state index contributed by atoms with van der Waals surface area (Å²) >= 11 is 0. The number of likely N-dealkylation sites (tertiary alicyclic amines) is 1. The first-order chi connectivity index (χ1) is 18.1. The average molecular weight is 492 g/mol. The van der Waals surface area contributed by atoms with Crippen LogP contribution in [0.25, 0.3) is 27.7 Å². The van der Waals surface area contributed by atoms with E-state index in [1.54, 1.807) is 12.1 Å². The van der Waals surface area contributed by atoms with Crippen LogP contribution in [0, 0.1) is 6.92 Å². The number of aryl methyl sites for hydroxylation is 1. The second-order valence-electron chi connectivity index (χ2n) is 9.60. The Morgan fingerprint density at radius 1 is 0.892 bits per heavy atom. The lowest BCUT2D eigenvalue weighted by molar-refractivity contribution is 0.215. The number of para-hydroxylation sites is 1. The topological polar surface area (TPSA) is 71.8 Å². The van der Waals surface area contributed by atoms with Crippen LogP contribution in [0.4, 0.5) is 10.5 Å². The van der Waals surface area contributed by atoms with Crippen LogP contribution in [-0.4, -0.2) is 38.7 Å². The van der Waals surface area contributed by atoms with E-state index in [0.29, 0.717) is 17.1 Å². The highest BCUT2D eigenvalue weighted by Crippen LogP contribution is 2.30. The zero-order chi connectivity index (χ0) is 25.2. The highest BCUT2D eigenvalue weighted by Gasteiger charge is 2.16. The summed E-state index contributed by atoms with van der Waals surface area (Å²) in [5, 5.41) is 12.4. The van der Waals surface area contributed by atoms with Crippen molar-refractivity contribution >= 4 is 28.3 Å². The predicted molar refractivity (Wildman–Crippen MR) is 146 cm³/mol. The normalized spacial score (nSPS) is 14.2. The maximum absolute atomic E-state index is 12.6. The van der Waals surface area contributed by atoms with Gasteiger partial charge in [0, 0.05) is 11.9 Å². The summed E-state index contributed by atoms with van der Waals surface area (Å²) in [5.74, 6) is 1.22. The van der Waals surface area contributed by atoms with E-state index < -0.39 is 6.09 Å². The Kier molecular flexibility index (Phi) is 6.28. The summed E-state index contributed by atoms with van der Waals surface area (Å²) < 4.78 is 7.39. The van der Waals surface area contributed by atoms with E-state index in [-0.39, 0.29) is 0 Å². The molecular formula is C30H29N5O2. The monoisotopic (exact) mass is 491 g/mol. The largest absolute Gasteiger partial charge is 0.417 e. The van der Waals surface area contributed by atoms with E-state index in [2.05, 4.69) is 62.9 Å². The molecule has 1 N–H and O–H groups in total. The molecule has 2 aromatic heterocycles. The average Bonchev–Trinajstić information content (AvgIpc) is 3.32. The van der Waals surface area contributed by atoms with Crippen molar-refractivity contribution in [1.82, 2.24) is 19.5 Å². The molecule has 0 bridgehead atoms. The van der Waals surface area contributed by atoms with Gasteiger partial charge >= 0.3 is 6.09 Å². The molecule has 3 aromatic carbocycles. The molecule has 7 nitrogen and oxygen atoms in total. The number of hydrogen-bond donors (Lipinski definition) is 1. The lowest BCUT2D eigenvalue weighted by atomic mass is 10.0.